The highest BCUT2D eigenvalue weighted by atomic mass is 16.6. The van der Waals surface area contributed by atoms with Gasteiger partial charge in [-0.3, -0.25) is 0 Å². The zero-order valence-electron chi connectivity index (χ0n) is 15.5. The first-order valence-corrected chi connectivity index (χ1v) is 9.61. The standard InChI is InChI=1S/C21H34O3/c1-3-5-6-7-8-9-10-11-16-23-17-18-24-21(22)20-14-12-19(4-2)13-15-20/h12-15H,3-11,16-18H2,1-2H3. The van der Waals surface area contributed by atoms with Gasteiger partial charge in [0.25, 0.3) is 0 Å². The molecule has 0 saturated heterocycles. The zero-order chi connectivity index (χ0) is 17.5. The lowest BCUT2D eigenvalue weighted by Crippen LogP contribution is -2.11. The molecule has 0 aliphatic carbocycles. The number of rotatable bonds is 14. The molecule has 0 aromatic heterocycles. The van der Waals surface area contributed by atoms with Crippen LogP contribution in [0, 0.1) is 0 Å². The number of hydrogen-bond acceptors (Lipinski definition) is 3. The molecule has 24 heavy (non-hydrogen) atoms. The first-order valence-electron chi connectivity index (χ1n) is 9.61. The van der Waals surface area contributed by atoms with Crippen LogP contribution in [0.25, 0.3) is 0 Å². The molecular weight excluding hydrogens is 300 g/mol. The van der Waals surface area contributed by atoms with Crippen molar-refractivity contribution in [1.82, 2.24) is 0 Å². The third-order valence-electron chi connectivity index (χ3n) is 4.20. The van der Waals surface area contributed by atoms with Crippen LogP contribution >= 0.6 is 0 Å². The predicted octanol–water partition coefficient (Wildman–Crippen LogP) is 5.56. The van der Waals surface area contributed by atoms with E-state index in [1.54, 1.807) is 0 Å². The Hall–Kier alpha value is -1.35. The topological polar surface area (TPSA) is 35.5 Å². The van der Waals surface area contributed by atoms with Gasteiger partial charge in [-0.15, -0.1) is 0 Å². The van der Waals surface area contributed by atoms with Gasteiger partial charge in [-0.2, -0.15) is 0 Å². The molecule has 0 amide bonds. The van der Waals surface area contributed by atoms with Gasteiger partial charge in [0.2, 0.25) is 0 Å². The van der Waals surface area contributed by atoms with Crippen molar-refractivity contribution in [2.45, 2.75) is 71.6 Å². The largest absolute Gasteiger partial charge is 0.460 e. The van der Waals surface area contributed by atoms with E-state index in [2.05, 4.69) is 13.8 Å². The monoisotopic (exact) mass is 334 g/mol. The van der Waals surface area contributed by atoms with Crippen molar-refractivity contribution in [2.24, 2.45) is 0 Å². The van der Waals surface area contributed by atoms with Crippen molar-refractivity contribution in [1.29, 1.82) is 0 Å². The Labute approximate surface area is 147 Å². The van der Waals surface area contributed by atoms with Crippen molar-refractivity contribution in [3.63, 3.8) is 0 Å². The van der Waals surface area contributed by atoms with Crippen molar-refractivity contribution >= 4 is 5.97 Å². The van der Waals surface area contributed by atoms with Gasteiger partial charge in [0.1, 0.15) is 6.61 Å². The molecule has 0 heterocycles. The van der Waals surface area contributed by atoms with Crippen molar-refractivity contribution < 1.29 is 14.3 Å². The molecule has 3 nitrogen and oxygen atoms in total. The number of hydrogen-bond donors (Lipinski definition) is 0. The van der Waals surface area contributed by atoms with Gasteiger partial charge in [-0.25, -0.2) is 4.79 Å². The van der Waals surface area contributed by atoms with Crippen LogP contribution in [-0.4, -0.2) is 25.8 Å². The molecule has 1 aromatic carbocycles. The summed E-state index contributed by atoms with van der Waals surface area (Å²) in [5, 5.41) is 0. The summed E-state index contributed by atoms with van der Waals surface area (Å²) in [7, 11) is 0. The lowest BCUT2D eigenvalue weighted by atomic mass is 10.1. The van der Waals surface area contributed by atoms with Gasteiger partial charge < -0.3 is 9.47 Å². The minimum atomic E-state index is -0.270. The molecule has 0 atom stereocenters. The Morgan fingerprint density at radius 1 is 0.792 bits per heavy atom. The van der Waals surface area contributed by atoms with Crippen LogP contribution in [0.2, 0.25) is 0 Å². The highest BCUT2D eigenvalue weighted by molar-refractivity contribution is 5.89. The maximum atomic E-state index is 11.8. The minimum absolute atomic E-state index is 0.270. The molecule has 0 radical (unpaired) electrons. The van der Waals surface area contributed by atoms with Gasteiger partial charge in [-0.1, -0.05) is 70.9 Å². The first kappa shape index (κ1) is 20.7. The summed E-state index contributed by atoms with van der Waals surface area (Å²) >= 11 is 0. The van der Waals surface area contributed by atoms with Gasteiger partial charge in [-0.05, 0) is 30.5 Å². The van der Waals surface area contributed by atoms with Crippen LogP contribution in [0.3, 0.4) is 0 Å². The van der Waals surface area contributed by atoms with E-state index in [4.69, 9.17) is 9.47 Å². The molecule has 0 saturated carbocycles. The summed E-state index contributed by atoms with van der Waals surface area (Å²) in [6, 6.07) is 7.58. The molecule has 0 fully saturated rings. The smallest absolute Gasteiger partial charge is 0.338 e. The van der Waals surface area contributed by atoms with Crippen LogP contribution in [0.4, 0.5) is 0 Å². The fourth-order valence-electron chi connectivity index (χ4n) is 2.59. The number of ether oxygens (including phenoxy) is 2. The second-order valence-electron chi connectivity index (χ2n) is 6.27. The number of aryl methyl sites for hydroxylation is 1. The van der Waals surface area contributed by atoms with Crippen molar-refractivity contribution in [3.05, 3.63) is 35.4 Å². The molecular formula is C21H34O3. The van der Waals surface area contributed by atoms with Gasteiger partial charge in [0, 0.05) is 6.61 Å². The number of carbonyl (C=O) groups is 1. The molecule has 1 rings (SSSR count). The van der Waals surface area contributed by atoms with E-state index in [0.717, 1.165) is 19.4 Å². The molecule has 3 heteroatoms. The lowest BCUT2D eigenvalue weighted by molar-refractivity contribution is 0.0312. The maximum Gasteiger partial charge on any atom is 0.338 e. The minimum Gasteiger partial charge on any atom is -0.460 e. The molecule has 0 aliphatic rings. The molecule has 0 bridgehead atoms. The number of carbonyl (C=O) groups excluding carboxylic acids is 1. The first-order chi connectivity index (χ1) is 11.8. The third kappa shape index (κ3) is 9.71. The summed E-state index contributed by atoms with van der Waals surface area (Å²) in [6.07, 6.45) is 11.4. The Balaban J connectivity index is 1.93. The number of unbranched alkanes of at least 4 members (excludes halogenated alkanes) is 7. The molecule has 0 unspecified atom stereocenters. The van der Waals surface area contributed by atoms with E-state index < -0.39 is 0 Å². The van der Waals surface area contributed by atoms with E-state index in [9.17, 15) is 4.79 Å². The summed E-state index contributed by atoms with van der Waals surface area (Å²) in [5.41, 5.74) is 1.83. The number of esters is 1. The Bertz CT molecular complexity index is 425. The second kappa shape index (κ2) is 14.0. The van der Waals surface area contributed by atoms with Crippen LogP contribution in [0.15, 0.2) is 24.3 Å². The summed E-state index contributed by atoms with van der Waals surface area (Å²) in [5.74, 6) is -0.270. The average Bonchev–Trinajstić information content (AvgIpc) is 2.62. The van der Waals surface area contributed by atoms with Crippen LogP contribution in [0.5, 0.6) is 0 Å². The third-order valence-corrected chi connectivity index (χ3v) is 4.20. The molecule has 0 spiro atoms. The SMILES string of the molecule is CCCCCCCCCCOCCOC(=O)c1ccc(CC)cc1. The molecule has 0 aliphatic heterocycles. The average molecular weight is 335 g/mol. The molecule has 0 N–H and O–H groups in total. The van der Waals surface area contributed by atoms with Crippen LogP contribution in [0.1, 0.15) is 81.1 Å². The summed E-state index contributed by atoms with van der Waals surface area (Å²) < 4.78 is 10.7. The molecule has 136 valence electrons. The Morgan fingerprint density at radius 2 is 1.42 bits per heavy atom. The maximum absolute atomic E-state index is 11.8. The zero-order valence-corrected chi connectivity index (χ0v) is 15.5. The van der Waals surface area contributed by atoms with E-state index in [0.29, 0.717) is 18.8 Å². The van der Waals surface area contributed by atoms with E-state index in [1.165, 1.54) is 50.5 Å². The summed E-state index contributed by atoms with van der Waals surface area (Å²) in [6.45, 7) is 5.91. The normalized spacial score (nSPS) is 10.8. The predicted molar refractivity (Wildman–Crippen MR) is 99.5 cm³/mol. The van der Waals surface area contributed by atoms with Crippen LogP contribution in [-0.2, 0) is 15.9 Å². The van der Waals surface area contributed by atoms with Gasteiger partial charge >= 0.3 is 5.97 Å². The highest BCUT2D eigenvalue weighted by Gasteiger charge is 2.06. The van der Waals surface area contributed by atoms with Crippen molar-refractivity contribution in [2.75, 3.05) is 19.8 Å². The van der Waals surface area contributed by atoms with E-state index >= 15 is 0 Å². The number of benzene rings is 1. The quantitative estimate of drug-likeness (QED) is 0.330. The lowest BCUT2D eigenvalue weighted by Gasteiger charge is -2.07. The van der Waals surface area contributed by atoms with E-state index in [1.807, 2.05) is 24.3 Å². The van der Waals surface area contributed by atoms with Crippen molar-refractivity contribution in [3.8, 4) is 0 Å². The second-order valence-corrected chi connectivity index (χ2v) is 6.27. The summed E-state index contributed by atoms with van der Waals surface area (Å²) in [4.78, 5) is 11.8. The van der Waals surface area contributed by atoms with Gasteiger partial charge in [0.15, 0.2) is 0 Å². The Kier molecular flexibility index (Phi) is 12.1. The van der Waals surface area contributed by atoms with Gasteiger partial charge in [0.05, 0.1) is 12.2 Å². The highest BCUT2D eigenvalue weighted by Crippen LogP contribution is 2.08. The fourth-order valence-corrected chi connectivity index (χ4v) is 2.59. The Morgan fingerprint density at radius 3 is 2.04 bits per heavy atom. The van der Waals surface area contributed by atoms with E-state index in [-0.39, 0.29) is 5.97 Å². The fraction of sp³-hybridized carbons (Fsp3) is 0.667. The molecule has 1 aromatic rings. The van der Waals surface area contributed by atoms with Crippen LogP contribution < -0.4 is 0 Å².